The van der Waals surface area contributed by atoms with Crippen LogP contribution in [-0.4, -0.2) is 10.9 Å². The van der Waals surface area contributed by atoms with Crippen LogP contribution in [-0.2, 0) is 17.8 Å². The lowest BCUT2D eigenvalue weighted by atomic mass is 10.1. The van der Waals surface area contributed by atoms with Gasteiger partial charge in [0.05, 0.1) is 6.42 Å². The fourth-order valence-corrected chi connectivity index (χ4v) is 1.66. The fraction of sp³-hybridized carbons (Fsp3) is 0.143. The van der Waals surface area contributed by atoms with E-state index in [4.69, 9.17) is 5.73 Å². The molecule has 4 nitrogen and oxygen atoms in total. The van der Waals surface area contributed by atoms with Crippen LogP contribution in [0, 0.1) is 11.6 Å². The maximum absolute atomic E-state index is 13.4. The Morgan fingerprint density at radius 2 is 2.05 bits per heavy atom. The number of rotatable bonds is 4. The Hall–Kier alpha value is -2.34. The Morgan fingerprint density at radius 1 is 1.25 bits per heavy atom. The molecule has 1 aromatic heterocycles. The third-order valence-corrected chi connectivity index (χ3v) is 2.71. The first-order valence-electron chi connectivity index (χ1n) is 5.98. The minimum absolute atomic E-state index is 0.000998. The molecule has 3 N–H and O–H groups in total. The lowest BCUT2D eigenvalue weighted by molar-refractivity contribution is -0.115. The summed E-state index contributed by atoms with van der Waals surface area (Å²) < 4.78 is 26.4. The van der Waals surface area contributed by atoms with E-state index < -0.39 is 17.5 Å². The molecule has 104 valence electrons. The number of pyridine rings is 1. The Bertz CT molecular complexity index is 614. The van der Waals surface area contributed by atoms with Gasteiger partial charge in [0, 0.05) is 18.3 Å². The predicted molar refractivity (Wildman–Crippen MR) is 70.8 cm³/mol. The maximum atomic E-state index is 13.4. The third kappa shape index (κ3) is 3.36. The standard InChI is InChI=1S/C14H13F2N3O/c15-11-3-1-2-10(14(11)16)6-13(20)19-12-5-4-9(7-17)8-18-12/h1-5,8H,6-7,17H2,(H,18,19,20). The van der Waals surface area contributed by atoms with E-state index in [1.165, 1.54) is 12.1 Å². The Kier molecular flexibility index (Phi) is 4.37. The van der Waals surface area contributed by atoms with Crippen molar-refractivity contribution < 1.29 is 13.6 Å². The highest BCUT2D eigenvalue weighted by Gasteiger charge is 2.12. The zero-order valence-electron chi connectivity index (χ0n) is 10.6. The van der Waals surface area contributed by atoms with Crippen LogP contribution in [0.2, 0.25) is 0 Å². The van der Waals surface area contributed by atoms with E-state index in [0.717, 1.165) is 11.6 Å². The second-order valence-electron chi connectivity index (χ2n) is 4.19. The predicted octanol–water partition coefficient (Wildman–Crippen LogP) is 2.00. The summed E-state index contributed by atoms with van der Waals surface area (Å²) >= 11 is 0. The van der Waals surface area contributed by atoms with Crippen LogP contribution in [0.4, 0.5) is 14.6 Å². The van der Waals surface area contributed by atoms with Crippen molar-refractivity contribution in [3.63, 3.8) is 0 Å². The number of nitrogens with zero attached hydrogens (tertiary/aromatic N) is 1. The molecule has 0 aliphatic heterocycles. The summed E-state index contributed by atoms with van der Waals surface area (Å²) in [6, 6.07) is 7.05. The molecular formula is C14H13F2N3O. The number of nitrogens with one attached hydrogen (secondary N) is 1. The topological polar surface area (TPSA) is 68.0 Å². The Balaban J connectivity index is 2.03. The maximum Gasteiger partial charge on any atom is 0.230 e. The van der Waals surface area contributed by atoms with Gasteiger partial charge < -0.3 is 11.1 Å². The SMILES string of the molecule is NCc1ccc(NC(=O)Cc2cccc(F)c2F)nc1. The van der Waals surface area contributed by atoms with Crippen LogP contribution >= 0.6 is 0 Å². The molecule has 0 unspecified atom stereocenters. The van der Waals surface area contributed by atoms with Gasteiger partial charge in [-0.3, -0.25) is 4.79 Å². The summed E-state index contributed by atoms with van der Waals surface area (Å²) in [5.41, 5.74) is 6.26. The molecule has 0 saturated heterocycles. The molecular weight excluding hydrogens is 264 g/mol. The van der Waals surface area contributed by atoms with Crippen LogP contribution in [0.1, 0.15) is 11.1 Å². The van der Waals surface area contributed by atoms with E-state index in [2.05, 4.69) is 10.3 Å². The minimum atomic E-state index is -1.01. The quantitative estimate of drug-likeness (QED) is 0.898. The third-order valence-electron chi connectivity index (χ3n) is 2.71. The van der Waals surface area contributed by atoms with Crippen molar-refractivity contribution >= 4 is 11.7 Å². The molecule has 0 fully saturated rings. The van der Waals surface area contributed by atoms with Crippen molar-refractivity contribution in [3.05, 3.63) is 59.3 Å². The molecule has 2 aromatic rings. The summed E-state index contributed by atoms with van der Waals surface area (Å²) in [4.78, 5) is 15.7. The van der Waals surface area contributed by atoms with E-state index in [1.807, 2.05) is 0 Å². The van der Waals surface area contributed by atoms with E-state index >= 15 is 0 Å². The molecule has 1 heterocycles. The normalized spacial score (nSPS) is 10.3. The smallest absolute Gasteiger partial charge is 0.230 e. The first-order valence-corrected chi connectivity index (χ1v) is 5.98. The summed E-state index contributed by atoms with van der Waals surface area (Å²) in [7, 11) is 0. The number of aromatic nitrogens is 1. The highest BCUT2D eigenvalue weighted by Crippen LogP contribution is 2.13. The van der Waals surface area contributed by atoms with Crippen molar-refractivity contribution in [1.29, 1.82) is 0 Å². The van der Waals surface area contributed by atoms with Crippen molar-refractivity contribution in [2.45, 2.75) is 13.0 Å². The molecule has 0 aliphatic rings. The Labute approximate surface area is 114 Å². The highest BCUT2D eigenvalue weighted by atomic mass is 19.2. The van der Waals surface area contributed by atoms with Gasteiger partial charge >= 0.3 is 0 Å². The van der Waals surface area contributed by atoms with Gasteiger partial charge in [-0.1, -0.05) is 18.2 Å². The zero-order valence-corrected chi connectivity index (χ0v) is 10.6. The van der Waals surface area contributed by atoms with Crippen molar-refractivity contribution in [1.82, 2.24) is 4.98 Å². The molecule has 20 heavy (non-hydrogen) atoms. The average molecular weight is 277 g/mol. The minimum Gasteiger partial charge on any atom is -0.326 e. The highest BCUT2D eigenvalue weighted by molar-refractivity contribution is 5.91. The fourth-order valence-electron chi connectivity index (χ4n) is 1.66. The van der Waals surface area contributed by atoms with Crippen molar-refractivity contribution in [3.8, 4) is 0 Å². The molecule has 0 atom stereocenters. The van der Waals surface area contributed by atoms with Crippen LogP contribution in [0.3, 0.4) is 0 Å². The monoisotopic (exact) mass is 277 g/mol. The van der Waals surface area contributed by atoms with Gasteiger partial charge in [-0.2, -0.15) is 0 Å². The molecule has 0 radical (unpaired) electrons. The molecule has 0 aliphatic carbocycles. The summed E-state index contributed by atoms with van der Waals surface area (Å²) in [5, 5.41) is 2.51. The largest absolute Gasteiger partial charge is 0.326 e. The Morgan fingerprint density at radius 3 is 2.70 bits per heavy atom. The second kappa shape index (κ2) is 6.21. The number of nitrogens with two attached hydrogens (primary N) is 1. The summed E-state index contributed by atoms with van der Waals surface area (Å²) in [5.74, 6) is -2.11. The van der Waals surface area contributed by atoms with Gasteiger partial charge in [-0.05, 0) is 17.7 Å². The number of hydrogen-bond acceptors (Lipinski definition) is 3. The van der Waals surface area contributed by atoms with E-state index in [9.17, 15) is 13.6 Å². The zero-order chi connectivity index (χ0) is 14.5. The molecule has 6 heteroatoms. The molecule has 1 amide bonds. The van der Waals surface area contributed by atoms with Crippen LogP contribution in [0.15, 0.2) is 36.5 Å². The summed E-state index contributed by atoms with van der Waals surface area (Å²) in [6.45, 7) is 0.357. The number of amides is 1. The average Bonchev–Trinajstić information content (AvgIpc) is 2.45. The molecule has 2 rings (SSSR count). The first-order chi connectivity index (χ1) is 9.60. The number of carbonyl (C=O) groups is 1. The molecule has 0 bridgehead atoms. The molecule has 1 aromatic carbocycles. The number of anilines is 1. The van der Waals surface area contributed by atoms with E-state index in [1.54, 1.807) is 18.3 Å². The molecule has 0 spiro atoms. The van der Waals surface area contributed by atoms with Gasteiger partial charge in [0.1, 0.15) is 5.82 Å². The first kappa shape index (κ1) is 14.1. The van der Waals surface area contributed by atoms with Gasteiger partial charge in [0.25, 0.3) is 0 Å². The number of carbonyl (C=O) groups excluding carboxylic acids is 1. The van der Waals surface area contributed by atoms with Crippen LogP contribution < -0.4 is 11.1 Å². The van der Waals surface area contributed by atoms with Crippen LogP contribution in [0.25, 0.3) is 0 Å². The number of benzene rings is 1. The number of halogens is 2. The van der Waals surface area contributed by atoms with Gasteiger partial charge in [-0.15, -0.1) is 0 Å². The lowest BCUT2D eigenvalue weighted by Gasteiger charge is -2.06. The van der Waals surface area contributed by atoms with E-state index in [0.29, 0.717) is 12.4 Å². The number of hydrogen-bond donors (Lipinski definition) is 2. The summed E-state index contributed by atoms with van der Waals surface area (Å²) in [6.07, 6.45) is 1.28. The van der Waals surface area contributed by atoms with E-state index in [-0.39, 0.29) is 12.0 Å². The van der Waals surface area contributed by atoms with Gasteiger partial charge in [-0.25, -0.2) is 13.8 Å². The molecule has 0 saturated carbocycles. The van der Waals surface area contributed by atoms with Crippen molar-refractivity contribution in [2.24, 2.45) is 5.73 Å². The lowest BCUT2D eigenvalue weighted by Crippen LogP contribution is -2.16. The second-order valence-corrected chi connectivity index (χ2v) is 4.19. The van der Waals surface area contributed by atoms with Crippen LogP contribution in [0.5, 0.6) is 0 Å². The van der Waals surface area contributed by atoms with Gasteiger partial charge in [0.2, 0.25) is 5.91 Å². The van der Waals surface area contributed by atoms with Gasteiger partial charge in [0.15, 0.2) is 11.6 Å². The van der Waals surface area contributed by atoms with Crippen molar-refractivity contribution in [2.75, 3.05) is 5.32 Å².